The molecule has 2 heterocycles. The smallest absolute Gasteiger partial charge is 0.238 e. The number of ether oxygens (including phenoxy) is 1. The number of amides is 1. The van der Waals surface area contributed by atoms with Crippen LogP contribution >= 0.6 is 0 Å². The SMILES string of the molecule is Nc1ccc2c(c1)N(C(=O)C1COc3ccccc31)CC2. The summed E-state index contributed by atoms with van der Waals surface area (Å²) in [5, 5.41) is 0. The minimum atomic E-state index is -0.214. The van der Waals surface area contributed by atoms with Crippen molar-refractivity contribution in [1.82, 2.24) is 0 Å². The number of hydrogen-bond acceptors (Lipinski definition) is 3. The molecule has 2 aromatic rings. The van der Waals surface area contributed by atoms with E-state index in [1.807, 2.05) is 47.4 Å². The molecule has 0 spiro atoms. The lowest BCUT2D eigenvalue weighted by atomic mass is 10.00. The Balaban J connectivity index is 1.68. The predicted octanol–water partition coefficient (Wildman–Crippen LogP) is 2.33. The summed E-state index contributed by atoms with van der Waals surface area (Å²) >= 11 is 0. The lowest BCUT2D eigenvalue weighted by Crippen LogP contribution is -2.34. The number of nitrogens with two attached hydrogens (primary N) is 1. The highest BCUT2D eigenvalue weighted by atomic mass is 16.5. The van der Waals surface area contributed by atoms with E-state index in [4.69, 9.17) is 10.5 Å². The molecule has 0 aromatic heterocycles. The van der Waals surface area contributed by atoms with E-state index in [1.165, 1.54) is 5.56 Å². The standard InChI is InChI=1S/C17H16N2O2/c18-12-6-5-11-7-8-19(15(11)9-12)17(20)14-10-21-16-4-2-1-3-13(14)16/h1-6,9,14H,7-8,10,18H2. The monoisotopic (exact) mass is 280 g/mol. The molecule has 4 nitrogen and oxygen atoms in total. The molecule has 1 amide bonds. The Hall–Kier alpha value is -2.49. The van der Waals surface area contributed by atoms with Gasteiger partial charge in [0.1, 0.15) is 18.3 Å². The van der Waals surface area contributed by atoms with Gasteiger partial charge in [-0.3, -0.25) is 4.79 Å². The van der Waals surface area contributed by atoms with Crippen molar-refractivity contribution >= 4 is 17.3 Å². The zero-order chi connectivity index (χ0) is 14.4. The minimum absolute atomic E-state index is 0.101. The second-order valence-corrected chi connectivity index (χ2v) is 5.53. The summed E-state index contributed by atoms with van der Waals surface area (Å²) in [6.45, 7) is 1.14. The van der Waals surface area contributed by atoms with Crippen LogP contribution in [-0.2, 0) is 11.2 Å². The maximum absolute atomic E-state index is 12.9. The molecule has 0 radical (unpaired) electrons. The molecule has 2 aliphatic heterocycles. The number of anilines is 2. The van der Waals surface area contributed by atoms with Gasteiger partial charge in [-0.05, 0) is 30.2 Å². The van der Waals surface area contributed by atoms with Crippen LogP contribution in [0, 0.1) is 0 Å². The number of benzene rings is 2. The molecule has 0 fully saturated rings. The Labute approximate surface area is 123 Å². The van der Waals surface area contributed by atoms with Crippen LogP contribution in [0.15, 0.2) is 42.5 Å². The molecule has 106 valence electrons. The molecule has 0 bridgehead atoms. The quantitative estimate of drug-likeness (QED) is 0.816. The third-order valence-electron chi connectivity index (χ3n) is 4.27. The van der Waals surface area contributed by atoms with Gasteiger partial charge in [-0.1, -0.05) is 24.3 Å². The Bertz CT molecular complexity index is 726. The van der Waals surface area contributed by atoms with Crippen molar-refractivity contribution in [2.75, 3.05) is 23.8 Å². The third kappa shape index (κ3) is 1.87. The van der Waals surface area contributed by atoms with Gasteiger partial charge >= 0.3 is 0 Å². The van der Waals surface area contributed by atoms with Gasteiger partial charge in [-0.15, -0.1) is 0 Å². The molecule has 2 aliphatic rings. The van der Waals surface area contributed by atoms with E-state index < -0.39 is 0 Å². The van der Waals surface area contributed by atoms with Crippen LogP contribution < -0.4 is 15.4 Å². The van der Waals surface area contributed by atoms with Crippen LogP contribution in [0.1, 0.15) is 17.0 Å². The van der Waals surface area contributed by atoms with Gasteiger partial charge < -0.3 is 15.4 Å². The van der Waals surface area contributed by atoms with Crippen molar-refractivity contribution in [2.24, 2.45) is 0 Å². The Morgan fingerprint density at radius 1 is 1.24 bits per heavy atom. The number of fused-ring (bicyclic) bond motifs is 2. The zero-order valence-corrected chi connectivity index (χ0v) is 11.6. The maximum Gasteiger partial charge on any atom is 0.238 e. The number of nitrogen functional groups attached to an aromatic ring is 1. The molecule has 2 N–H and O–H groups in total. The van der Waals surface area contributed by atoms with Crippen LogP contribution in [-0.4, -0.2) is 19.1 Å². The topological polar surface area (TPSA) is 55.6 Å². The van der Waals surface area contributed by atoms with E-state index in [0.29, 0.717) is 12.3 Å². The van der Waals surface area contributed by atoms with Gasteiger partial charge in [0.15, 0.2) is 0 Å². The number of rotatable bonds is 1. The highest BCUT2D eigenvalue weighted by Crippen LogP contribution is 2.38. The van der Waals surface area contributed by atoms with E-state index in [1.54, 1.807) is 0 Å². The number of carbonyl (C=O) groups excluding carboxylic acids is 1. The van der Waals surface area contributed by atoms with Crippen molar-refractivity contribution in [2.45, 2.75) is 12.3 Å². The minimum Gasteiger partial charge on any atom is -0.492 e. The van der Waals surface area contributed by atoms with Crippen molar-refractivity contribution < 1.29 is 9.53 Å². The van der Waals surface area contributed by atoms with Gasteiger partial charge in [-0.2, -0.15) is 0 Å². The summed E-state index contributed by atoms with van der Waals surface area (Å²) in [7, 11) is 0. The van der Waals surface area contributed by atoms with Gasteiger partial charge in [0, 0.05) is 23.5 Å². The zero-order valence-electron chi connectivity index (χ0n) is 11.6. The molecule has 21 heavy (non-hydrogen) atoms. The van der Waals surface area contributed by atoms with E-state index in [0.717, 1.165) is 30.0 Å². The number of hydrogen-bond donors (Lipinski definition) is 1. The summed E-state index contributed by atoms with van der Waals surface area (Å²) < 4.78 is 5.63. The van der Waals surface area contributed by atoms with Gasteiger partial charge in [0.2, 0.25) is 5.91 Å². The molecular weight excluding hydrogens is 264 g/mol. The molecule has 0 saturated heterocycles. The molecule has 0 aliphatic carbocycles. The fourth-order valence-corrected chi connectivity index (χ4v) is 3.18. The first-order valence-electron chi connectivity index (χ1n) is 7.15. The predicted molar refractivity (Wildman–Crippen MR) is 81.6 cm³/mol. The Morgan fingerprint density at radius 3 is 3.00 bits per heavy atom. The van der Waals surface area contributed by atoms with Crippen molar-refractivity contribution in [3.8, 4) is 5.75 Å². The second kappa shape index (κ2) is 4.52. The van der Waals surface area contributed by atoms with Gasteiger partial charge in [0.25, 0.3) is 0 Å². The fraction of sp³-hybridized carbons (Fsp3) is 0.235. The molecule has 0 saturated carbocycles. The molecule has 2 aromatic carbocycles. The van der Waals surface area contributed by atoms with E-state index in [2.05, 4.69) is 0 Å². The van der Waals surface area contributed by atoms with E-state index in [-0.39, 0.29) is 11.8 Å². The summed E-state index contributed by atoms with van der Waals surface area (Å²) in [5.41, 5.74) is 9.67. The molecule has 1 unspecified atom stereocenters. The number of para-hydroxylation sites is 1. The van der Waals surface area contributed by atoms with Crippen LogP contribution in [0.25, 0.3) is 0 Å². The highest BCUT2D eigenvalue weighted by molar-refractivity contribution is 6.01. The molecule has 4 heteroatoms. The maximum atomic E-state index is 12.9. The normalized spacial score (nSPS) is 19.0. The molecular formula is C17H16N2O2. The fourth-order valence-electron chi connectivity index (χ4n) is 3.18. The average Bonchev–Trinajstić information content (AvgIpc) is 3.10. The van der Waals surface area contributed by atoms with Crippen molar-refractivity contribution in [3.05, 3.63) is 53.6 Å². The highest BCUT2D eigenvalue weighted by Gasteiger charge is 2.36. The van der Waals surface area contributed by atoms with Crippen LogP contribution in [0.3, 0.4) is 0 Å². The molecule has 1 atom stereocenters. The number of carbonyl (C=O) groups is 1. The lowest BCUT2D eigenvalue weighted by Gasteiger charge is -2.21. The lowest BCUT2D eigenvalue weighted by molar-refractivity contribution is -0.120. The first-order valence-corrected chi connectivity index (χ1v) is 7.15. The summed E-state index contributed by atoms with van der Waals surface area (Å²) in [5.74, 6) is 0.709. The van der Waals surface area contributed by atoms with Gasteiger partial charge in [0.05, 0.1) is 0 Å². The van der Waals surface area contributed by atoms with Crippen LogP contribution in [0.5, 0.6) is 5.75 Å². The Kier molecular flexibility index (Phi) is 2.64. The first-order chi connectivity index (χ1) is 10.2. The second-order valence-electron chi connectivity index (χ2n) is 5.53. The Morgan fingerprint density at radius 2 is 2.10 bits per heavy atom. The van der Waals surface area contributed by atoms with E-state index in [9.17, 15) is 4.79 Å². The largest absolute Gasteiger partial charge is 0.492 e. The van der Waals surface area contributed by atoms with Gasteiger partial charge in [-0.25, -0.2) is 0 Å². The average molecular weight is 280 g/mol. The van der Waals surface area contributed by atoms with Crippen molar-refractivity contribution in [1.29, 1.82) is 0 Å². The summed E-state index contributed by atoms with van der Waals surface area (Å²) in [6.07, 6.45) is 0.885. The van der Waals surface area contributed by atoms with Crippen LogP contribution in [0.2, 0.25) is 0 Å². The summed E-state index contributed by atoms with van der Waals surface area (Å²) in [4.78, 5) is 14.7. The van der Waals surface area contributed by atoms with Crippen molar-refractivity contribution in [3.63, 3.8) is 0 Å². The summed E-state index contributed by atoms with van der Waals surface area (Å²) in [6, 6.07) is 13.6. The van der Waals surface area contributed by atoms with Crippen LogP contribution in [0.4, 0.5) is 11.4 Å². The van der Waals surface area contributed by atoms with E-state index >= 15 is 0 Å². The number of nitrogens with zero attached hydrogens (tertiary/aromatic N) is 1. The first kappa shape index (κ1) is 12.3. The third-order valence-corrected chi connectivity index (χ3v) is 4.27. The molecule has 4 rings (SSSR count).